The van der Waals surface area contributed by atoms with E-state index in [2.05, 4.69) is 19.9 Å². The molecular weight excluding hydrogens is 358 g/mol. The average molecular weight is 375 g/mol. The molecule has 8 nitrogen and oxygen atoms in total. The molecule has 5 rings (SSSR count). The van der Waals surface area contributed by atoms with Gasteiger partial charge in [-0.05, 0) is 44.2 Å². The van der Waals surface area contributed by atoms with Gasteiger partial charge in [0.1, 0.15) is 5.60 Å². The van der Waals surface area contributed by atoms with E-state index in [1.54, 1.807) is 32.3 Å². The van der Waals surface area contributed by atoms with Gasteiger partial charge in [0.25, 0.3) is 0 Å². The smallest absolute Gasteiger partial charge is 0.234 e. The summed E-state index contributed by atoms with van der Waals surface area (Å²) in [6.45, 7) is 3.61. The summed E-state index contributed by atoms with van der Waals surface area (Å²) in [6.07, 6.45) is 5.25. The summed E-state index contributed by atoms with van der Waals surface area (Å²) in [5, 5.41) is 10.2. The molecule has 0 aliphatic carbocycles. The van der Waals surface area contributed by atoms with E-state index in [1.807, 2.05) is 34.9 Å². The fourth-order valence-electron chi connectivity index (χ4n) is 3.08. The first-order valence-corrected chi connectivity index (χ1v) is 8.79. The molecule has 0 saturated carbocycles. The highest BCUT2D eigenvalue weighted by Gasteiger charge is 2.20. The number of nitrogens with zero attached hydrogens (tertiary/aromatic N) is 5. The van der Waals surface area contributed by atoms with Gasteiger partial charge >= 0.3 is 0 Å². The summed E-state index contributed by atoms with van der Waals surface area (Å²) in [6, 6.07) is 9.22. The highest BCUT2D eigenvalue weighted by molar-refractivity contribution is 5.65. The van der Waals surface area contributed by atoms with Crippen molar-refractivity contribution >= 4 is 5.78 Å². The number of fused-ring (bicyclic) bond motifs is 2. The second-order valence-corrected chi connectivity index (χ2v) is 7.02. The van der Waals surface area contributed by atoms with Gasteiger partial charge in [0.15, 0.2) is 17.3 Å². The second kappa shape index (κ2) is 6.00. The zero-order valence-corrected chi connectivity index (χ0v) is 15.3. The number of hydrogen-bond donors (Lipinski definition) is 1. The minimum absolute atomic E-state index is 0.223. The number of aromatic nitrogens is 5. The van der Waals surface area contributed by atoms with Crippen molar-refractivity contribution in [1.82, 2.24) is 24.3 Å². The summed E-state index contributed by atoms with van der Waals surface area (Å²) in [5.41, 5.74) is 1.86. The second-order valence-electron chi connectivity index (χ2n) is 7.02. The molecule has 3 aromatic heterocycles. The van der Waals surface area contributed by atoms with Gasteiger partial charge in [0, 0.05) is 18.0 Å². The van der Waals surface area contributed by atoms with Crippen LogP contribution in [0.5, 0.6) is 11.5 Å². The topological polar surface area (TPSA) is 94.7 Å². The van der Waals surface area contributed by atoms with E-state index in [4.69, 9.17) is 9.47 Å². The fourth-order valence-corrected chi connectivity index (χ4v) is 3.08. The molecule has 0 fully saturated rings. The van der Waals surface area contributed by atoms with Crippen LogP contribution in [-0.2, 0) is 5.60 Å². The third kappa shape index (κ3) is 2.74. The van der Waals surface area contributed by atoms with E-state index in [9.17, 15) is 5.11 Å². The lowest BCUT2D eigenvalue weighted by Crippen LogP contribution is -2.18. The van der Waals surface area contributed by atoms with E-state index >= 15 is 0 Å². The Kier molecular flexibility index (Phi) is 3.56. The Hall–Kier alpha value is -3.52. The normalized spacial score (nSPS) is 13.2. The molecule has 0 saturated heterocycles. The summed E-state index contributed by atoms with van der Waals surface area (Å²) in [5.74, 6) is 2.48. The van der Waals surface area contributed by atoms with Crippen molar-refractivity contribution in [2.45, 2.75) is 19.4 Å². The van der Waals surface area contributed by atoms with E-state index in [0.29, 0.717) is 28.7 Å². The van der Waals surface area contributed by atoms with Crippen molar-refractivity contribution < 1.29 is 14.6 Å². The lowest BCUT2D eigenvalue weighted by atomic mass is 10.1. The van der Waals surface area contributed by atoms with Crippen LogP contribution in [0.1, 0.15) is 19.5 Å². The van der Waals surface area contributed by atoms with Gasteiger partial charge in [-0.15, -0.1) is 0 Å². The molecule has 0 amide bonds. The number of ether oxygens (including phenoxy) is 2. The SMILES string of the molecule is CC(C)(O)c1ccn2c(-c3ccnc(-c4ccc5c(c4)OCO5)n3)cnc2n1. The van der Waals surface area contributed by atoms with Gasteiger partial charge in [-0.2, -0.15) is 0 Å². The summed E-state index contributed by atoms with van der Waals surface area (Å²) in [7, 11) is 0. The molecule has 0 bridgehead atoms. The van der Waals surface area contributed by atoms with Crippen LogP contribution in [0, 0.1) is 0 Å². The Morgan fingerprint density at radius 1 is 1.04 bits per heavy atom. The van der Waals surface area contributed by atoms with Crippen molar-refractivity contribution in [3.8, 4) is 34.3 Å². The van der Waals surface area contributed by atoms with Crippen LogP contribution in [0.25, 0.3) is 28.6 Å². The molecule has 0 radical (unpaired) electrons. The first kappa shape index (κ1) is 16.6. The molecule has 4 aromatic rings. The van der Waals surface area contributed by atoms with Crippen LogP contribution < -0.4 is 9.47 Å². The standard InChI is InChI=1S/C20H17N5O3/c1-20(2,26)17-6-8-25-14(10-22-19(25)24-17)13-5-7-21-18(23-13)12-3-4-15-16(9-12)28-11-27-15/h3-10,26H,11H2,1-2H3. The van der Waals surface area contributed by atoms with Gasteiger partial charge in [-0.1, -0.05) is 0 Å². The Bertz CT molecular complexity index is 1200. The maximum Gasteiger partial charge on any atom is 0.234 e. The molecule has 1 N–H and O–H groups in total. The molecule has 1 aliphatic heterocycles. The molecule has 1 aliphatic rings. The van der Waals surface area contributed by atoms with E-state index in [0.717, 1.165) is 17.0 Å². The average Bonchev–Trinajstić information content (AvgIpc) is 3.33. The Balaban J connectivity index is 1.56. The maximum atomic E-state index is 10.2. The monoisotopic (exact) mass is 375 g/mol. The Morgan fingerprint density at radius 3 is 2.75 bits per heavy atom. The van der Waals surface area contributed by atoms with Gasteiger partial charge in [-0.3, -0.25) is 4.40 Å². The summed E-state index contributed by atoms with van der Waals surface area (Å²) in [4.78, 5) is 17.9. The van der Waals surface area contributed by atoms with Crippen molar-refractivity contribution in [2.75, 3.05) is 6.79 Å². The van der Waals surface area contributed by atoms with Crippen LogP contribution in [-0.4, -0.2) is 36.2 Å². The van der Waals surface area contributed by atoms with Crippen molar-refractivity contribution in [1.29, 1.82) is 0 Å². The van der Waals surface area contributed by atoms with Gasteiger partial charge < -0.3 is 14.6 Å². The quantitative estimate of drug-likeness (QED) is 0.588. The highest BCUT2D eigenvalue weighted by atomic mass is 16.7. The molecule has 28 heavy (non-hydrogen) atoms. The van der Waals surface area contributed by atoms with Crippen molar-refractivity contribution in [3.63, 3.8) is 0 Å². The lowest BCUT2D eigenvalue weighted by Gasteiger charge is -2.16. The van der Waals surface area contributed by atoms with E-state index < -0.39 is 5.60 Å². The van der Waals surface area contributed by atoms with Crippen LogP contribution in [0.15, 0.2) is 48.9 Å². The molecule has 0 atom stereocenters. The molecular formula is C20H17N5O3. The zero-order chi connectivity index (χ0) is 19.3. The molecule has 8 heteroatoms. The van der Waals surface area contributed by atoms with Crippen molar-refractivity contribution in [2.24, 2.45) is 0 Å². The maximum absolute atomic E-state index is 10.2. The predicted octanol–water partition coefficient (Wildman–Crippen LogP) is 2.81. The molecule has 4 heterocycles. The fraction of sp³-hybridized carbons (Fsp3) is 0.200. The molecule has 0 unspecified atom stereocenters. The number of rotatable bonds is 3. The minimum atomic E-state index is -1.03. The third-order valence-corrected chi connectivity index (χ3v) is 4.55. The van der Waals surface area contributed by atoms with Crippen LogP contribution in [0.2, 0.25) is 0 Å². The molecule has 0 spiro atoms. The van der Waals surface area contributed by atoms with Gasteiger partial charge in [-0.25, -0.2) is 19.9 Å². The Labute approximate surface area is 160 Å². The molecule has 140 valence electrons. The van der Waals surface area contributed by atoms with E-state index in [1.165, 1.54) is 0 Å². The predicted molar refractivity (Wildman–Crippen MR) is 101 cm³/mol. The van der Waals surface area contributed by atoms with Crippen molar-refractivity contribution in [3.05, 3.63) is 54.6 Å². The minimum Gasteiger partial charge on any atom is -0.454 e. The van der Waals surface area contributed by atoms with Gasteiger partial charge in [0.2, 0.25) is 12.6 Å². The first-order chi connectivity index (χ1) is 13.5. The van der Waals surface area contributed by atoms with Crippen LogP contribution in [0.4, 0.5) is 0 Å². The van der Waals surface area contributed by atoms with E-state index in [-0.39, 0.29) is 6.79 Å². The first-order valence-electron chi connectivity index (χ1n) is 8.79. The Morgan fingerprint density at radius 2 is 1.89 bits per heavy atom. The zero-order valence-electron chi connectivity index (χ0n) is 15.3. The molecule has 1 aromatic carbocycles. The number of aliphatic hydroxyl groups is 1. The van der Waals surface area contributed by atoms with Crippen LogP contribution in [0.3, 0.4) is 0 Å². The number of imidazole rings is 1. The lowest BCUT2D eigenvalue weighted by molar-refractivity contribution is 0.0739. The summed E-state index contributed by atoms with van der Waals surface area (Å²) >= 11 is 0. The number of benzene rings is 1. The van der Waals surface area contributed by atoms with Gasteiger partial charge in [0.05, 0.1) is 23.3 Å². The number of hydrogen-bond acceptors (Lipinski definition) is 7. The van der Waals surface area contributed by atoms with Crippen LogP contribution >= 0.6 is 0 Å². The highest BCUT2D eigenvalue weighted by Crippen LogP contribution is 2.35. The third-order valence-electron chi connectivity index (χ3n) is 4.55. The summed E-state index contributed by atoms with van der Waals surface area (Å²) < 4.78 is 12.6. The largest absolute Gasteiger partial charge is 0.454 e.